The molecule has 1 aliphatic rings. The van der Waals surface area contributed by atoms with Gasteiger partial charge in [0.1, 0.15) is 0 Å². The third-order valence-corrected chi connectivity index (χ3v) is 3.54. The van der Waals surface area contributed by atoms with Crippen LogP contribution >= 0.6 is 0 Å². The third kappa shape index (κ3) is 2.58. The van der Waals surface area contributed by atoms with Crippen molar-refractivity contribution in [2.45, 2.75) is 18.9 Å². The van der Waals surface area contributed by atoms with Crippen LogP contribution in [0.15, 0.2) is 40.9 Å². The first kappa shape index (κ1) is 12.9. The van der Waals surface area contributed by atoms with E-state index in [0.29, 0.717) is 37.4 Å². The lowest BCUT2D eigenvalue weighted by Gasteiger charge is -2.28. The van der Waals surface area contributed by atoms with Crippen molar-refractivity contribution < 1.29 is 14.4 Å². The van der Waals surface area contributed by atoms with Crippen molar-refractivity contribution in [1.82, 2.24) is 10.1 Å². The maximum atomic E-state index is 12.3. The van der Waals surface area contributed by atoms with Crippen LogP contribution < -0.4 is 0 Å². The molecule has 2 aromatic rings. The number of rotatable bonds is 2. The number of likely N-dealkylation sites (tertiary alicyclic amines) is 1. The molecular formula is C15H16N2O3. The summed E-state index contributed by atoms with van der Waals surface area (Å²) in [4.78, 5) is 14.0. The van der Waals surface area contributed by atoms with Crippen molar-refractivity contribution in [2.75, 3.05) is 13.1 Å². The molecule has 0 aliphatic carbocycles. The zero-order valence-electron chi connectivity index (χ0n) is 11.0. The second kappa shape index (κ2) is 5.46. The minimum absolute atomic E-state index is 0.136. The molecule has 1 fully saturated rings. The van der Waals surface area contributed by atoms with E-state index in [1.165, 1.54) is 0 Å². The SMILES string of the molecule is O=C(c1cc(-c2ccccc2)on1)N1CCC(O)CC1. The fraction of sp³-hybridized carbons (Fsp3) is 0.333. The molecule has 0 radical (unpaired) electrons. The molecule has 1 aromatic carbocycles. The minimum Gasteiger partial charge on any atom is -0.393 e. The maximum absolute atomic E-state index is 12.3. The highest BCUT2D eigenvalue weighted by Gasteiger charge is 2.24. The zero-order valence-corrected chi connectivity index (χ0v) is 11.0. The summed E-state index contributed by atoms with van der Waals surface area (Å²) in [5, 5.41) is 13.3. The van der Waals surface area contributed by atoms with Gasteiger partial charge in [0, 0.05) is 24.7 Å². The van der Waals surface area contributed by atoms with E-state index in [2.05, 4.69) is 5.16 Å². The Morgan fingerprint density at radius 3 is 2.65 bits per heavy atom. The summed E-state index contributed by atoms with van der Waals surface area (Å²) < 4.78 is 5.24. The first-order valence-corrected chi connectivity index (χ1v) is 6.73. The molecule has 1 aliphatic heterocycles. The second-order valence-electron chi connectivity index (χ2n) is 4.97. The number of hydrogen-bond acceptors (Lipinski definition) is 4. The van der Waals surface area contributed by atoms with Crippen LogP contribution in [0.2, 0.25) is 0 Å². The largest absolute Gasteiger partial charge is 0.393 e. The van der Waals surface area contributed by atoms with Crippen molar-refractivity contribution in [3.05, 3.63) is 42.1 Å². The summed E-state index contributed by atoms with van der Waals surface area (Å²) in [6, 6.07) is 11.2. The molecule has 3 rings (SSSR count). The molecule has 1 N–H and O–H groups in total. The predicted molar refractivity (Wildman–Crippen MR) is 73.1 cm³/mol. The van der Waals surface area contributed by atoms with E-state index in [9.17, 15) is 9.90 Å². The molecule has 0 bridgehead atoms. The molecule has 1 aromatic heterocycles. The molecule has 20 heavy (non-hydrogen) atoms. The van der Waals surface area contributed by atoms with Crippen molar-refractivity contribution in [3.8, 4) is 11.3 Å². The van der Waals surface area contributed by atoms with Gasteiger partial charge in [0.25, 0.3) is 5.91 Å². The van der Waals surface area contributed by atoms with E-state index >= 15 is 0 Å². The molecule has 0 saturated carbocycles. The topological polar surface area (TPSA) is 66.6 Å². The van der Waals surface area contributed by atoms with Crippen LogP contribution in [0.1, 0.15) is 23.3 Å². The highest BCUT2D eigenvalue weighted by atomic mass is 16.5. The van der Waals surface area contributed by atoms with E-state index < -0.39 is 0 Å². The van der Waals surface area contributed by atoms with Crippen LogP contribution in [0, 0.1) is 0 Å². The van der Waals surface area contributed by atoms with Gasteiger partial charge >= 0.3 is 0 Å². The maximum Gasteiger partial charge on any atom is 0.276 e. The fourth-order valence-electron chi connectivity index (χ4n) is 2.35. The van der Waals surface area contributed by atoms with E-state index in [-0.39, 0.29) is 12.0 Å². The molecule has 0 unspecified atom stereocenters. The Balaban J connectivity index is 1.75. The lowest BCUT2D eigenvalue weighted by atomic mass is 10.1. The van der Waals surface area contributed by atoms with Gasteiger partial charge < -0.3 is 14.5 Å². The van der Waals surface area contributed by atoms with Crippen LogP contribution in [-0.2, 0) is 0 Å². The molecule has 1 saturated heterocycles. The predicted octanol–water partition coefficient (Wildman–Crippen LogP) is 1.94. The minimum atomic E-state index is -0.295. The van der Waals surface area contributed by atoms with Gasteiger partial charge in [-0.3, -0.25) is 4.79 Å². The zero-order chi connectivity index (χ0) is 13.9. The fourth-order valence-corrected chi connectivity index (χ4v) is 2.35. The number of benzene rings is 1. The monoisotopic (exact) mass is 272 g/mol. The van der Waals surface area contributed by atoms with Crippen molar-refractivity contribution in [1.29, 1.82) is 0 Å². The third-order valence-electron chi connectivity index (χ3n) is 3.54. The molecule has 1 amide bonds. The molecule has 0 spiro atoms. The van der Waals surface area contributed by atoms with Crippen molar-refractivity contribution in [3.63, 3.8) is 0 Å². The Morgan fingerprint density at radius 2 is 1.95 bits per heavy atom. The average molecular weight is 272 g/mol. The summed E-state index contributed by atoms with van der Waals surface area (Å²) in [6.07, 6.45) is 0.945. The van der Waals surface area contributed by atoms with Gasteiger partial charge in [-0.05, 0) is 12.8 Å². The molecule has 5 heteroatoms. The highest BCUT2D eigenvalue weighted by molar-refractivity contribution is 5.93. The quantitative estimate of drug-likeness (QED) is 0.907. The summed E-state index contributed by atoms with van der Waals surface area (Å²) in [7, 11) is 0. The van der Waals surface area contributed by atoms with Crippen LogP contribution in [-0.4, -0.2) is 40.3 Å². The van der Waals surface area contributed by atoms with Gasteiger partial charge in [0.15, 0.2) is 11.5 Å². The number of aliphatic hydroxyl groups excluding tert-OH is 1. The van der Waals surface area contributed by atoms with E-state index in [0.717, 1.165) is 5.56 Å². The Kier molecular flexibility index (Phi) is 3.52. The lowest BCUT2D eigenvalue weighted by Crippen LogP contribution is -2.40. The van der Waals surface area contributed by atoms with Gasteiger partial charge in [-0.2, -0.15) is 0 Å². The number of nitrogens with zero attached hydrogens (tertiary/aromatic N) is 2. The van der Waals surface area contributed by atoms with E-state index in [1.807, 2.05) is 30.3 Å². The first-order chi connectivity index (χ1) is 9.74. The van der Waals surface area contributed by atoms with Crippen LogP contribution in [0.25, 0.3) is 11.3 Å². The molecule has 5 nitrogen and oxygen atoms in total. The van der Waals surface area contributed by atoms with Crippen molar-refractivity contribution >= 4 is 5.91 Å². The Labute approximate surface area is 116 Å². The van der Waals surface area contributed by atoms with Crippen LogP contribution in [0.4, 0.5) is 0 Å². The highest BCUT2D eigenvalue weighted by Crippen LogP contribution is 2.21. The molecule has 104 valence electrons. The number of carbonyl (C=O) groups excluding carboxylic acids is 1. The molecule has 0 atom stereocenters. The number of aromatic nitrogens is 1. The molecular weight excluding hydrogens is 256 g/mol. The summed E-state index contributed by atoms with van der Waals surface area (Å²) in [6.45, 7) is 1.13. The Bertz CT molecular complexity index is 586. The number of carbonyl (C=O) groups is 1. The Hall–Kier alpha value is -2.14. The van der Waals surface area contributed by atoms with Gasteiger partial charge in [0.2, 0.25) is 0 Å². The van der Waals surface area contributed by atoms with Gasteiger partial charge in [-0.1, -0.05) is 35.5 Å². The normalized spacial score (nSPS) is 16.4. The summed E-state index contributed by atoms with van der Waals surface area (Å²) in [5.74, 6) is 0.453. The van der Waals surface area contributed by atoms with E-state index in [4.69, 9.17) is 4.52 Å². The first-order valence-electron chi connectivity index (χ1n) is 6.73. The number of aliphatic hydroxyl groups is 1. The summed E-state index contributed by atoms with van der Waals surface area (Å²) in [5.41, 5.74) is 1.22. The Morgan fingerprint density at radius 1 is 1.25 bits per heavy atom. The average Bonchev–Trinajstić information content (AvgIpc) is 2.98. The lowest BCUT2D eigenvalue weighted by molar-refractivity contribution is 0.0538. The van der Waals surface area contributed by atoms with Crippen LogP contribution in [0.5, 0.6) is 0 Å². The van der Waals surface area contributed by atoms with Gasteiger partial charge in [-0.15, -0.1) is 0 Å². The smallest absolute Gasteiger partial charge is 0.276 e. The van der Waals surface area contributed by atoms with Crippen molar-refractivity contribution in [2.24, 2.45) is 0 Å². The van der Waals surface area contributed by atoms with Gasteiger partial charge in [-0.25, -0.2) is 0 Å². The number of amides is 1. The second-order valence-corrected chi connectivity index (χ2v) is 4.97. The molecule has 2 heterocycles. The number of piperidine rings is 1. The van der Waals surface area contributed by atoms with Crippen LogP contribution in [0.3, 0.4) is 0 Å². The van der Waals surface area contributed by atoms with Gasteiger partial charge in [0.05, 0.1) is 6.10 Å². The number of hydrogen-bond donors (Lipinski definition) is 1. The van der Waals surface area contributed by atoms with E-state index in [1.54, 1.807) is 11.0 Å². The standard InChI is InChI=1S/C15H16N2O3/c18-12-6-8-17(9-7-12)15(19)13-10-14(20-16-13)11-4-2-1-3-5-11/h1-5,10,12,18H,6-9H2. The summed E-state index contributed by atoms with van der Waals surface area (Å²) >= 11 is 0.